The third-order valence-corrected chi connectivity index (χ3v) is 1.51. The zero-order chi connectivity index (χ0) is 8.81. The second-order valence-corrected chi connectivity index (χ2v) is 2.37. The van der Waals surface area contributed by atoms with Crippen LogP contribution in [0.4, 0.5) is 11.5 Å². The first-order valence-electron chi connectivity index (χ1n) is 3.95. The summed E-state index contributed by atoms with van der Waals surface area (Å²) < 4.78 is 0. The summed E-state index contributed by atoms with van der Waals surface area (Å²) in [6.45, 7) is 1.35. The van der Waals surface area contributed by atoms with Crippen LogP contribution in [0, 0.1) is 0 Å². The molecule has 4 N–H and O–H groups in total. The second kappa shape index (κ2) is 4.56. The van der Waals surface area contributed by atoms with E-state index in [1.165, 1.54) is 0 Å². The van der Waals surface area contributed by atoms with Crippen molar-refractivity contribution in [1.29, 1.82) is 0 Å². The highest BCUT2D eigenvalue weighted by Gasteiger charge is 1.97. The summed E-state index contributed by atoms with van der Waals surface area (Å²) in [5.41, 5.74) is 6.35. The van der Waals surface area contributed by atoms with E-state index >= 15 is 0 Å². The molecular weight excluding hydrogens is 152 g/mol. The van der Waals surface area contributed by atoms with Gasteiger partial charge in [0.05, 0.1) is 5.69 Å². The molecule has 1 aromatic heterocycles. The van der Waals surface area contributed by atoms with Crippen LogP contribution in [0.25, 0.3) is 0 Å². The number of nitrogens with zero attached hydrogens (tertiary/aromatic N) is 1. The average Bonchev–Trinajstić information content (AvgIpc) is 2.15. The normalized spacial score (nSPS) is 9.50. The molecule has 0 spiro atoms. The molecule has 0 unspecified atom stereocenters. The molecule has 1 rings (SSSR count). The van der Waals surface area contributed by atoms with E-state index in [2.05, 4.69) is 15.6 Å². The number of hydrogen-bond donors (Lipinski definition) is 3. The van der Waals surface area contributed by atoms with Crippen molar-refractivity contribution in [2.75, 3.05) is 30.8 Å². The smallest absolute Gasteiger partial charge is 0.149 e. The largest absolute Gasteiger partial charge is 0.385 e. The summed E-state index contributed by atoms with van der Waals surface area (Å²) in [6, 6.07) is 3.85. The zero-order valence-corrected chi connectivity index (χ0v) is 7.17. The summed E-state index contributed by atoms with van der Waals surface area (Å²) >= 11 is 0. The van der Waals surface area contributed by atoms with Crippen LogP contribution in [0.3, 0.4) is 0 Å². The molecule has 0 aromatic carbocycles. The van der Waals surface area contributed by atoms with Crippen molar-refractivity contribution in [2.45, 2.75) is 0 Å². The minimum absolute atomic E-state index is 0.611. The van der Waals surface area contributed by atoms with E-state index in [-0.39, 0.29) is 0 Å². The minimum atomic E-state index is 0.611. The molecule has 12 heavy (non-hydrogen) atoms. The molecular formula is C8H14N4. The predicted molar refractivity (Wildman–Crippen MR) is 51.3 cm³/mol. The van der Waals surface area contributed by atoms with Gasteiger partial charge >= 0.3 is 0 Å². The van der Waals surface area contributed by atoms with Gasteiger partial charge in [-0.15, -0.1) is 0 Å². The van der Waals surface area contributed by atoms with Gasteiger partial charge in [-0.3, -0.25) is 0 Å². The van der Waals surface area contributed by atoms with Crippen molar-refractivity contribution >= 4 is 11.5 Å². The molecule has 0 bridgehead atoms. The third-order valence-electron chi connectivity index (χ3n) is 1.51. The van der Waals surface area contributed by atoms with Gasteiger partial charge in [-0.25, -0.2) is 4.98 Å². The molecule has 0 fully saturated rings. The van der Waals surface area contributed by atoms with E-state index in [4.69, 9.17) is 5.73 Å². The highest BCUT2D eigenvalue weighted by Crippen LogP contribution is 2.15. The SMILES string of the molecule is CNc1cccnc1NCCN. The Balaban J connectivity index is 2.68. The number of aromatic nitrogens is 1. The molecule has 66 valence electrons. The van der Waals surface area contributed by atoms with Gasteiger partial charge in [-0.05, 0) is 12.1 Å². The fourth-order valence-electron chi connectivity index (χ4n) is 0.938. The Hall–Kier alpha value is -1.29. The molecule has 4 heteroatoms. The van der Waals surface area contributed by atoms with Crippen molar-refractivity contribution in [3.05, 3.63) is 18.3 Å². The van der Waals surface area contributed by atoms with Crippen molar-refractivity contribution in [1.82, 2.24) is 4.98 Å². The first kappa shape index (κ1) is 8.80. The van der Waals surface area contributed by atoms with Gasteiger partial charge in [0.2, 0.25) is 0 Å². The van der Waals surface area contributed by atoms with Crippen LogP contribution in [-0.4, -0.2) is 25.1 Å². The number of hydrogen-bond acceptors (Lipinski definition) is 4. The maximum Gasteiger partial charge on any atom is 0.149 e. The van der Waals surface area contributed by atoms with E-state index in [0.717, 1.165) is 18.1 Å². The summed E-state index contributed by atoms with van der Waals surface area (Å²) in [5.74, 6) is 0.852. The van der Waals surface area contributed by atoms with Gasteiger partial charge in [0.15, 0.2) is 0 Å². The Morgan fingerprint density at radius 2 is 2.42 bits per heavy atom. The van der Waals surface area contributed by atoms with Crippen LogP contribution in [0.5, 0.6) is 0 Å². The monoisotopic (exact) mass is 166 g/mol. The lowest BCUT2D eigenvalue weighted by Gasteiger charge is -2.08. The predicted octanol–water partition coefficient (Wildman–Crippen LogP) is 0.494. The quantitative estimate of drug-likeness (QED) is 0.609. The molecule has 0 saturated heterocycles. The number of rotatable bonds is 4. The van der Waals surface area contributed by atoms with Crippen LogP contribution in [0.15, 0.2) is 18.3 Å². The Labute approximate surface area is 72.2 Å². The number of nitrogens with one attached hydrogen (secondary N) is 2. The lowest BCUT2D eigenvalue weighted by molar-refractivity contribution is 1.01. The molecule has 0 atom stereocenters. The molecule has 1 heterocycles. The van der Waals surface area contributed by atoms with Gasteiger partial charge in [0, 0.05) is 26.3 Å². The lowest BCUT2D eigenvalue weighted by atomic mass is 10.4. The van der Waals surface area contributed by atoms with Crippen LogP contribution < -0.4 is 16.4 Å². The van der Waals surface area contributed by atoms with E-state index in [1.807, 2.05) is 19.2 Å². The Bertz CT molecular complexity index is 236. The van der Waals surface area contributed by atoms with Crippen LogP contribution in [0.2, 0.25) is 0 Å². The molecule has 0 radical (unpaired) electrons. The van der Waals surface area contributed by atoms with Gasteiger partial charge in [-0.1, -0.05) is 0 Å². The fraction of sp³-hybridized carbons (Fsp3) is 0.375. The molecule has 0 aliphatic rings. The topological polar surface area (TPSA) is 63.0 Å². The second-order valence-electron chi connectivity index (χ2n) is 2.37. The van der Waals surface area contributed by atoms with E-state index in [0.29, 0.717) is 6.54 Å². The fourth-order valence-corrected chi connectivity index (χ4v) is 0.938. The maximum absolute atomic E-state index is 5.36. The van der Waals surface area contributed by atoms with Crippen molar-refractivity contribution < 1.29 is 0 Å². The number of anilines is 2. The minimum Gasteiger partial charge on any atom is -0.385 e. The Kier molecular flexibility index (Phi) is 3.35. The summed E-state index contributed by atoms with van der Waals surface area (Å²) in [5, 5.41) is 6.15. The van der Waals surface area contributed by atoms with Gasteiger partial charge in [0.25, 0.3) is 0 Å². The van der Waals surface area contributed by atoms with Crippen LogP contribution in [0.1, 0.15) is 0 Å². The maximum atomic E-state index is 5.36. The number of pyridine rings is 1. The van der Waals surface area contributed by atoms with Crippen LogP contribution in [-0.2, 0) is 0 Å². The van der Waals surface area contributed by atoms with Crippen LogP contribution >= 0.6 is 0 Å². The summed E-state index contributed by atoms with van der Waals surface area (Å²) in [4.78, 5) is 4.16. The standard InChI is InChI=1S/C8H14N4/c1-10-7-3-2-5-11-8(7)12-6-4-9/h2-3,5,10H,4,6,9H2,1H3,(H,11,12). The molecule has 4 nitrogen and oxygen atoms in total. The first-order chi connectivity index (χ1) is 5.88. The van der Waals surface area contributed by atoms with E-state index < -0.39 is 0 Å². The van der Waals surface area contributed by atoms with Gasteiger partial charge in [0.1, 0.15) is 5.82 Å². The average molecular weight is 166 g/mol. The third kappa shape index (κ3) is 2.10. The molecule has 1 aromatic rings. The Morgan fingerprint density at radius 1 is 1.58 bits per heavy atom. The highest BCUT2D eigenvalue weighted by molar-refractivity contribution is 5.63. The van der Waals surface area contributed by atoms with Crippen molar-refractivity contribution in [3.8, 4) is 0 Å². The van der Waals surface area contributed by atoms with Gasteiger partial charge in [-0.2, -0.15) is 0 Å². The highest BCUT2D eigenvalue weighted by atomic mass is 15.0. The van der Waals surface area contributed by atoms with Crippen molar-refractivity contribution in [2.24, 2.45) is 5.73 Å². The zero-order valence-electron chi connectivity index (χ0n) is 7.17. The molecule has 0 saturated carbocycles. The summed E-state index contributed by atoms with van der Waals surface area (Å²) in [7, 11) is 1.87. The molecule has 0 amide bonds. The van der Waals surface area contributed by atoms with E-state index in [1.54, 1.807) is 6.20 Å². The Morgan fingerprint density at radius 3 is 3.08 bits per heavy atom. The van der Waals surface area contributed by atoms with E-state index in [9.17, 15) is 0 Å². The lowest BCUT2D eigenvalue weighted by Crippen LogP contribution is -2.14. The molecule has 0 aliphatic carbocycles. The first-order valence-corrected chi connectivity index (χ1v) is 3.95. The van der Waals surface area contributed by atoms with Gasteiger partial charge < -0.3 is 16.4 Å². The van der Waals surface area contributed by atoms with Crippen molar-refractivity contribution in [3.63, 3.8) is 0 Å². The molecule has 0 aliphatic heterocycles. The number of nitrogens with two attached hydrogens (primary N) is 1. The summed E-state index contributed by atoms with van der Waals surface area (Å²) in [6.07, 6.45) is 1.75.